The Kier molecular flexibility index (Phi) is 5.95. The van der Waals surface area contributed by atoms with Crippen LogP contribution in [0.15, 0.2) is 22.4 Å². The van der Waals surface area contributed by atoms with Crippen LogP contribution in [0.2, 0.25) is 0 Å². The Hall–Kier alpha value is -1.50. The fraction of sp³-hybridized carbons (Fsp3) is 0.500. The zero-order valence-corrected chi connectivity index (χ0v) is 16.4. The van der Waals surface area contributed by atoms with Crippen molar-refractivity contribution in [3.63, 3.8) is 0 Å². The SMILES string of the molecule is Cc1c(S(=O)(=O)NCCN2CCC[C@@H](CO)C2)sc2ccc(C#N)cc12. The lowest BCUT2D eigenvalue weighted by Gasteiger charge is -2.31. The van der Waals surface area contributed by atoms with Crippen LogP contribution in [0.3, 0.4) is 0 Å². The molecule has 1 saturated heterocycles. The summed E-state index contributed by atoms with van der Waals surface area (Å²) in [7, 11) is -3.58. The third-order valence-electron chi connectivity index (χ3n) is 4.85. The number of rotatable bonds is 6. The number of thiophene rings is 1. The molecule has 0 unspecified atom stereocenters. The summed E-state index contributed by atoms with van der Waals surface area (Å²) in [4.78, 5) is 2.20. The van der Waals surface area contributed by atoms with Gasteiger partial charge >= 0.3 is 0 Å². The highest BCUT2D eigenvalue weighted by Crippen LogP contribution is 2.34. The standard InChI is InChI=1S/C18H23N3O3S2/c1-13-16-9-14(10-19)4-5-17(16)25-18(13)26(23,24)20-6-8-21-7-2-3-15(11-21)12-22/h4-5,9,15,20,22H,2-3,6-8,11-12H2,1H3/t15-/m1/s1. The molecule has 1 aliphatic rings. The summed E-state index contributed by atoms with van der Waals surface area (Å²) in [6.07, 6.45) is 2.07. The first-order chi connectivity index (χ1) is 12.4. The summed E-state index contributed by atoms with van der Waals surface area (Å²) in [6.45, 7) is 4.71. The van der Waals surface area contributed by atoms with Gasteiger partial charge in [0.1, 0.15) is 4.21 Å². The molecule has 0 amide bonds. The maximum absolute atomic E-state index is 12.7. The van der Waals surface area contributed by atoms with Crippen molar-refractivity contribution in [2.45, 2.75) is 24.0 Å². The number of likely N-dealkylation sites (tertiary alicyclic amines) is 1. The molecule has 2 heterocycles. The second-order valence-corrected chi connectivity index (χ2v) is 9.74. The Morgan fingerprint density at radius 3 is 3.00 bits per heavy atom. The number of hydrogen-bond donors (Lipinski definition) is 2. The van der Waals surface area contributed by atoms with Crippen LogP contribution >= 0.6 is 11.3 Å². The highest BCUT2D eigenvalue weighted by Gasteiger charge is 2.23. The largest absolute Gasteiger partial charge is 0.396 e. The Labute approximate surface area is 158 Å². The smallest absolute Gasteiger partial charge is 0.250 e. The number of aryl methyl sites for hydroxylation is 1. The Balaban J connectivity index is 1.69. The number of hydrogen-bond acceptors (Lipinski definition) is 6. The van der Waals surface area contributed by atoms with E-state index >= 15 is 0 Å². The monoisotopic (exact) mass is 393 g/mol. The Morgan fingerprint density at radius 2 is 2.27 bits per heavy atom. The van der Waals surface area contributed by atoms with Crippen LogP contribution in [0, 0.1) is 24.2 Å². The third kappa shape index (κ3) is 4.08. The molecule has 6 nitrogen and oxygen atoms in total. The van der Waals surface area contributed by atoms with E-state index in [1.54, 1.807) is 25.1 Å². The number of nitrogens with zero attached hydrogens (tertiary/aromatic N) is 2. The fourth-order valence-electron chi connectivity index (χ4n) is 3.43. The van der Waals surface area contributed by atoms with E-state index in [1.165, 1.54) is 11.3 Å². The van der Waals surface area contributed by atoms with Crippen LogP contribution in [-0.4, -0.2) is 51.2 Å². The first kappa shape index (κ1) is 19.3. The van der Waals surface area contributed by atoms with Crippen molar-refractivity contribution in [3.8, 4) is 6.07 Å². The lowest BCUT2D eigenvalue weighted by atomic mass is 9.99. The van der Waals surface area contributed by atoms with Gasteiger partial charge in [-0.2, -0.15) is 5.26 Å². The minimum absolute atomic E-state index is 0.188. The molecule has 1 aromatic carbocycles. The number of piperidine rings is 1. The van der Waals surface area contributed by atoms with E-state index in [-0.39, 0.29) is 6.61 Å². The van der Waals surface area contributed by atoms with E-state index in [2.05, 4.69) is 15.7 Å². The van der Waals surface area contributed by atoms with Crippen molar-refractivity contribution >= 4 is 31.4 Å². The summed E-state index contributed by atoms with van der Waals surface area (Å²) >= 11 is 1.23. The average molecular weight is 394 g/mol. The van der Waals surface area contributed by atoms with Gasteiger partial charge in [-0.05, 0) is 61.4 Å². The van der Waals surface area contributed by atoms with E-state index in [4.69, 9.17) is 5.26 Å². The molecule has 2 N–H and O–H groups in total. The van der Waals surface area contributed by atoms with Crippen LogP contribution in [-0.2, 0) is 10.0 Å². The Bertz CT molecular complexity index is 931. The molecule has 1 fully saturated rings. The maximum Gasteiger partial charge on any atom is 0.250 e. The summed E-state index contributed by atoms with van der Waals surface area (Å²) in [5.41, 5.74) is 1.21. The van der Waals surface area contributed by atoms with Gasteiger partial charge in [0.2, 0.25) is 10.0 Å². The topological polar surface area (TPSA) is 93.4 Å². The Morgan fingerprint density at radius 1 is 1.46 bits per heavy atom. The van der Waals surface area contributed by atoms with Gasteiger partial charge in [0.15, 0.2) is 0 Å². The number of fused-ring (bicyclic) bond motifs is 1. The van der Waals surface area contributed by atoms with E-state index in [1.807, 2.05) is 0 Å². The first-order valence-electron chi connectivity index (χ1n) is 8.70. The van der Waals surface area contributed by atoms with Gasteiger partial charge in [0.05, 0.1) is 11.6 Å². The van der Waals surface area contributed by atoms with E-state index in [9.17, 15) is 13.5 Å². The number of nitriles is 1. The van der Waals surface area contributed by atoms with Crippen molar-refractivity contribution in [3.05, 3.63) is 29.3 Å². The van der Waals surface area contributed by atoms with Crippen molar-refractivity contribution in [1.29, 1.82) is 5.26 Å². The fourth-order valence-corrected chi connectivity index (χ4v) is 6.24. The molecule has 0 radical (unpaired) electrons. The number of benzene rings is 1. The minimum atomic E-state index is -3.58. The van der Waals surface area contributed by atoms with Crippen LogP contribution in [0.25, 0.3) is 10.1 Å². The molecule has 1 aromatic heterocycles. The molecule has 26 heavy (non-hydrogen) atoms. The normalized spacial score (nSPS) is 18.9. The van der Waals surface area contributed by atoms with Gasteiger partial charge in [0, 0.05) is 30.9 Å². The summed E-state index contributed by atoms with van der Waals surface area (Å²) in [6, 6.07) is 7.33. The number of nitrogens with one attached hydrogen (secondary N) is 1. The quantitative estimate of drug-likeness (QED) is 0.784. The molecule has 0 aliphatic carbocycles. The molecule has 1 atom stereocenters. The predicted octanol–water partition coefficient (Wildman–Crippen LogP) is 2.06. The van der Waals surface area contributed by atoms with Crippen LogP contribution in [0.4, 0.5) is 0 Å². The second kappa shape index (κ2) is 8.03. The van der Waals surface area contributed by atoms with Crippen LogP contribution < -0.4 is 4.72 Å². The van der Waals surface area contributed by atoms with Crippen LogP contribution in [0.5, 0.6) is 0 Å². The predicted molar refractivity (Wildman–Crippen MR) is 103 cm³/mol. The molecule has 2 aromatic rings. The number of aliphatic hydroxyl groups excluding tert-OH is 1. The minimum Gasteiger partial charge on any atom is -0.396 e. The zero-order chi connectivity index (χ0) is 18.7. The van der Waals surface area contributed by atoms with Crippen molar-refractivity contribution < 1.29 is 13.5 Å². The number of sulfonamides is 1. The van der Waals surface area contributed by atoms with Gasteiger partial charge in [-0.3, -0.25) is 0 Å². The second-order valence-electron chi connectivity index (χ2n) is 6.73. The molecule has 140 valence electrons. The lowest BCUT2D eigenvalue weighted by Crippen LogP contribution is -2.41. The highest BCUT2D eigenvalue weighted by molar-refractivity contribution is 7.91. The summed E-state index contributed by atoms with van der Waals surface area (Å²) < 4.78 is 29.3. The van der Waals surface area contributed by atoms with Crippen LogP contribution in [0.1, 0.15) is 24.0 Å². The van der Waals surface area contributed by atoms with Gasteiger partial charge in [-0.1, -0.05) is 0 Å². The number of aliphatic hydroxyl groups is 1. The van der Waals surface area contributed by atoms with E-state index in [0.717, 1.165) is 36.0 Å². The van der Waals surface area contributed by atoms with Gasteiger partial charge in [-0.15, -0.1) is 11.3 Å². The van der Waals surface area contributed by atoms with E-state index in [0.29, 0.717) is 34.3 Å². The van der Waals surface area contributed by atoms with Gasteiger partial charge in [-0.25, -0.2) is 13.1 Å². The van der Waals surface area contributed by atoms with Crippen molar-refractivity contribution in [2.24, 2.45) is 5.92 Å². The molecule has 8 heteroatoms. The maximum atomic E-state index is 12.7. The molecule has 0 spiro atoms. The summed E-state index contributed by atoms with van der Waals surface area (Å²) in [5.74, 6) is 0.291. The van der Waals surface area contributed by atoms with Gasteiger partial charge in [0.25, 0.3) is 0 Å². The van der Waals surface area contributed by atoms with Gasteiger partial charge < -0.3 is 10.0 Å². The zero-order valence-electron chi connectivity index (χ0n) is 14.7. The molecule has 3 rings (SSSR count). The molecule has 1 aliphatic heterocycles. The highest BCUT2D eigenvalue weighted by atomic mass is 32.2. The van der Waals surface area contributed by atoms with Crippen molar-refractivity contribution in [1.82, 2.24) is 9.62 Å². The summed E-state index contributed by atoms with van der Waals surface area (Å²) in [5, 5.41) is 19.1. The molecule has 0 bridgehead atoms. The first-order valence-corrected chi connectivity index (χ1v) is 11.0. The van der Waals surface area contributed by atoms with Crippen molar-refractivity contribution in [2.75, 3.05) is 32.8 Å². The van der Waals surface area contributed by atoms with E-state index < -0.39 is 10.0 Å². The lowest BCUT2D eigenvalue weighted by molar-refractivity contribution is 0.122. The molecular weight excluding hydrogens is 370 g/mol. The molecule has 0 saturated carbocycles. The third-order valence-corrected chi connectivity index (χ3v) is 8.20. The average Bonchev–Trinajstić information content (AvgIpc) is 2.98. The molecular formula is C18H23N3O3S2.